The third-order valence-corrected chi connectivity index (χ3v) is 5.39. The maximum absolute atomic E-state index is 4.71. The standard InChI is InChI=1S/C18H21N5S/c1-13-4-3-6-19-16(13)12-22-7-9-23(10-8-22)17-15-5-11-24-18(15)21-14(2)20-17/h3-6,11H,7-10,12H2,1-2H3. The van der Waals surface area contributed by atoms with Gasteiger partial charge in [-0.25, -0.2) is 9.97 Å². The van der Waals surface area contributed by atoms with Gasteiger partial charge in [-0.15, -0.1) is 11.3 Å². The predicted octanol–water partition coefficient (Wildman–Crippen LogP) is 3.03. The molecule has 1 aliphatic rings. The Balaban J connectivity index is 1.48. The Morgan fingerprint density at radius 2 is 1.92 bits per heavy atom. The van der Waals surface area contributed by atoms with Gasteiger partial charge in [0.05, 0.1) is 11.1 Å². The van der Waals surface area contributed by atoms with Crippen LogP contribution in [-0.4, -0.2) is 46.0 Å². The third kappa shape index (κ3) is 2.99. The summed E-state index contributed by atoms with van der Waals surface area (Å²) in [5.41, 5.74) is 2.45. The largest absolute Gasteiger partial charge is 0.353 e. The number of aromatic nitrogens is 3. The van der Waals surface area contributed by atoms with E-state index in [1.54, 1.807) is 11.3 Å². The van der Waals surface area contributed by atoms with E-state index in [1.165, 1.54) is 16.6 Å². The smallest absolute Gasteiger partial charge is 0.141 e. The predicted molar refractivity (Wildman–Crippen MR) is 98.6 cm³/mol. The summed E-state index contributed by atoms with van der Waals surface area (Å²) in [5, 5.41) is 3.28. The van der Waals surface area contributed by atoms with Crippen LogP contribution < -0.4 is 4.90 Å². The lowest BCUT2D eigenvalue weighted by Crippen LogP contribution is -2.46. The van der Waals surface area contributed by atoms with E-state index < -0.39 is 0 Å². The van der Waals surface area contributed by atoms with E-state index in [9.17, 15) is 0 Å². The molecule has 0 aliphatic carbocycles. The Labute approximate surface area is 146 Å². The summed E-state index contributed by atoms with van der Waals surface area (Å²) in [6, 6.07) is 6.27. The van der Waals surface area contributed by atoms with Crippen molar-refractivity contribution >= 4 is 27.4 Å². The molecule has 1 saturated heterocycles. The molecule has 0 amide bonds. The van der Waals surface area contributed by atoms with E-state index in [4.69, 9.17) is 4.98 Å². The minimum atomic E-state index is 0.853. The molecule has 5 nitrogen and oxygen atoms in total. The van der Waals surface area contributed by atoms with Gasteiger partial charge in [0.1, 0.15) is 16.5 Å². The van der Waals surface area contributed by atoms with E-state index in [0.29, 0.717) is 0 Å². The molecule has 24 heavy (non-hydrogen) atoms. The summed E-state index contributed by atoms with van der Waals surface area (Å²) in [4.78, 5) is 19.7. The average molecular weight is 339 g/mol. The first kappa shape index (κ1) is 15.5. The molecule has 6 heteroatoms. The molecule has 0 atom stereocenters. The van der Waals surface area contributed by atoms with Crippen LogP contribution in [0, 0.1) is 13.8 Å². The van der Waals surface area contributed by atoms with Gasteiger partial charge >= 0.3 is 0 Å². The minimum Gasteiger partial charge on any atom is -0.353 e. The van der Waals surface area contributed by atoms with E-state index in [-0.39, 0.29) is 0 Å². The first-order valence-corrected chi connectivity index (χ1v) is 9.18. The quantitative estimate of drug-likeness (QED) is 0.734. The van der Waals surface area contributed by atoms with Crippen LogP contribution in [0.25, 0.3) is 10.2 Å². The van der Waals surface area contributed by atoms with Gasteiger partial charge in [0.25, 0.3) is 0 Å². The number of hydrogen-bond donors (Lipinski definition) is 0. The fourth-order valence-electron chi connectivity index (χ4n) is 3.20. The van der Waals surface area contributed by atoms with E-state index in [0.717, 1.165) is 49.2 Å². The molecule has 1 aliphatic heterocycles. The molecule has 3 aromatic heterocycles. The topological polar surface area (TPSA) is 45.2 Å². The molecule has 0 N–H and O–H groups in total. The number of aryl methyl sites for hydroxylation is 2. The van der Waals surface area contributed by atoms with Crippen molar-refractivity contribution in [1.29, 1.82) is 0 Å². The van der Waals surface area contributed by atoms with Gasteiger partial charge < -0.3 is 4.90 Å². The van der Waals surface area contributed by atoms with Crippen molar-refractivity contribution in [3.8, 4) is 0 Å². The number of fused-ring (bicyclic) bond motifs is 1. The zero-order chi connectivity index (χ0) is 16.5. The normalized spacial score (nSPS) is 16.0. The van der Waals surface area contributed by atoms with Crippen LogP contribution in [0.1, 0.15) is 17.1 Å². The van der Waals surface area contributed by atoms with Crippen molar-refractivity contribution in [1.82, 2.24) is 19.9 Å². The second-order valence-electron chi connectivity index (χ2n) is 6.26. The average Bonchev–Trinajstić information content (AvgIpc) is 3.05. The maximum Gasteiger partial charge on any atom is 0.141 e. The van der Waals surface area contributed by atoms with Gasteiger partial charge in [0.15, 0.2) is 0 Å². The van der Waals surface area contributed by atoms with E-state index in [2.05, 4.69) is 44.2 Å². The van der Waals surface area contributed by atoms with Gasteiger partial charge in [-0.05, 0) is 36.9 Å². The number of pyridine rings is 1. The summed E-state index contributed by atoms with van der Waals surface area (Å²) >= 11 is 1.69. The molecule has 124 valence electrons. The Morgan fingerprint density at radius 3 is 2.71 bits per heavy atom. The first-order valence-electron chi connectivity index (χ1n) is 8.30. The summed E-state index contributed by atoms with van der Waals surface area (Å²) in [5.74, 6) is 1.94. The Bertz CT molecular complexity index is 851. The van der Waals surface area contributed by atoms with Crippen molar-refractivity contribution in [3.05, 3.63) is 46.9 Å². The third-order valence-electron chi connectivity index (χ3n) is 4.58. The van der Waals surface area contributed by atoms with Gasteiger partial charge in [-0.2, -0.15) is 0 Å². The fraction of sp³-hybridized carbons (Fsp3) is 0.389. The molecule has 3 aromatic rings. The monoisotopic (exact) mass is 339 g/mol. The van der Waals surface area contributed by atoms with Crippen LogP contribution in [0.15, 0.2) is 29.8 Å². The maximum atomic E-state index is 4.71. The van der Waals surface area contributed by atoms with Crippen LogP contribution >= 0.6 is 11.3 Å². The lowest BCUT2D eigenvalue weighted by molar-refractivity contribution is 0.246. The highest BCUT2D eigenvalue weighted by Crippen LogP contribution is 2.28. The van der Waals surface area contributed by atoms with Crippen molar-refractivity contribution in [3.63, 3.8) is 0 Å². The van der Waals surface area contributed by atoms with Crippen molar-refractivity contribution in [2.75, 3.05) is 31.1 Å². The second-order valence-corrected chi connectivity index (χ2v) is 7.16. The highest BCUT2D eigenvalue weighted by Gasteiger charge is 2.21. The number of piperazine rings is 1. The SMILES string of the molecule is Cc1nc(N2CCN(Cc3ncccc3C)CC2)c2ccsc2n1. The summed E-state index contributed by atoms with van der Waals surface area (Å²) in [6.45, 7) is 9.09. The summed E-state index contributed by atoms with van der Waals surface area (Å²) in [6.07, 6.45) is 1.88. The molecule has 0 radical (unpaired) electrons. The van der Waals surface area contributed by atoms with Crippen LogP contribution in [0.2, 0.25) is 0 Å². The molecule has 0 aromatic carbocycles. The van der Waals surface area contributed by atoms with Crippen LogP contribution in [-0.2, 0) is 6.54 Å². The fourth-order valence-corrected chi connectivity index (χ4v) is 4.00. The minimum absolute atomic E-state index is 0.853. The van der Waals surface area contributed by atoms with Gasteiger partial charge in [0, 0.05) is 38.9 Å². The molecule has 1 fully saturated rings. The number of nitrogens with zero attached hydrogens (tertiary/aromatic N) is 5. The summed E-state index contributed by atoms with van der Waals surface area (Å²) in [7, 11) is 0. The van der Waals surface area contributed by atoms with Crippen molar-refractivity contribution in [2.45, 2.75) is 20.4 Å². The number of rotatable bonds is 3. The van der Waals surface area contributed by atoms with E-state index >= 15 is 0 Å². The van der Waals surface area contributed by atoms with Gasteiger partial charge in [-0.1, -0.05) is 6.07 Å². The molecule has 0 bridgehead atoms. The molecule has 4 heterocycles. The molecule has 0 spiro atoms. The van der Waals surface area contributed by atoms with Crippen molar-refractivity contribution in [2.24, 2.45) is 0 Å². The van der Waals surface area contributed by atoms with Crippen LogP contribution in [0.5, 0.6) is 0 Å². The zero-order valence-corrected chi connectivity index (χ0v) is 14.9. The van der Waals surface area contributed by atoms with Crippen LogP contribution in [0.4, 0.5) is 5.82 Å². The highest BCUT2D eigenvalue weighted by atomic mass is 32.1. The Morgan fingerprint density at radius 1 is 1.08 bits per heavy atom. The number of thiophene rings is 1. The molecule has 0 unspecified atom stereocenters. The lowest BCUT2D eigenvalue weighted by atomic mass is 10.2. The summed E-state index contributed by atoms with van der Waals surface area (Å²) < 4.78 is 0. The highest BCUT2D eigenvalue weighted by molar-refractivity contribution is 7.16. The molecule has 0 saturated carbocycles. The van der Waals surface area contributed by atoms with Crippen molar-refractivity contribution < 1.29 is 0 Å². The molecular weight excluding hydrogens is 318 g/mol. The zero-order valence-electron chi connectivity index (χ0n) is 14.1. The molecular formula is C18H21N5S. The van der Waals surface area contributed by atoms with Gasteiger partial charge in [0.2, 0.25) is 0 Å². The first-order chi connectivity index (χ1) is 11.7. The molecule has 4 rings (SSSR count). The van der Waals surface area contributed by atoms with Gasteiger partial charge in [-0.3, -0.25) is 9.88 Å². The Kier molecular flexibility index (Phi) is 4.16. The van der Waals surface area contributed by atoms with E-state index in [1.807, 2.05) is 19.2 Å². The number of hydrogen-bond acceptors (Lipinski definition) is 6. The number of anilines is 1. The lowest BCUT2D eigenvalue weighted by Gasteiger charge is -2.35. The Hall–Kier alpha value is -2.05. The van der Waals surface area contributed by atoms with Crippen LogP contribution in [0.3, 0.4) is 0 Å². The second kappa shape index (κ2) is 6.45.